The van der Waals surface area contributed by atoms with E-state index in [9.17, 15) is 4.79 Å². The van der Waals surface area contributed by atoms with Crippen LogP contribution in [0.1, 0.15) is 25.7 Å². The molecule has 1 saturated carbocycles. The molecule has 0 radical (unpaired) electrons. The van der Waals surface area contributed by atoms with E-state index in [2.05, 4.69) is 15.2 Å². The molecule has 2 rings (SSSR count). The van der Waals surface area contributed by atoms with Gasteiger partial charge in [-0.3, -0.25) is 9.79 Å². The van der Waals surface area contributed by atoms with E-state index < -0.39 is 0 Å². The SMILES string of the molecule is NC(=NCCCC(=O)NC1CC1)N1CCSCC1. The molecule has 0 aromatic rings. The summed E-state index contributed by atoms with van der Waals surface area (Å²) >= 11 is 1.95. The summed E-state index contributed by atoms with van der Waals surface area (Å²) in [6, 6.07) is 0.455. The molecule has 0 bridgehead atoms. The van der Waals surface area contributed by atoms with Crippen molar-refractivity contribution in [1.82, 2.24) is 10.2 Å². The van der Waals surface area contributed by atoms with Gasteiger partial charge in [-0.15, -0.1) is 0 Å². The van der Waals surface area contributed by atoms with Crippen LogP contribution in [0.15, 0.2) is 4.99 Å². The molecule has 0 atom stereocenters. The number of amides is 1. The molecule has 0 spiro atoms. The summed E-state index contributed by atoms with van der Waals surface area (Å²) in [7, 11) is 0. The second kappa shape index (κ2) is 6.87. The molecule has 1 aliphatic carbocycles. The van der Waals surface area contributed by atoms with E-state index in [4.69, 9.17) is 5.73 Å². The number of nitrogens with one attached hydrogen (secondary N) is 1. The van der Waals surface area contributed by atoms with E-state index in [1.807, 2.05) is 11.8 Å². The Hall–Kier alpha value is -0.910. The van der Waals surface area contributed by atoms with Gasteiger partial charge in [-0.25, -0.2) is 0 Å². The second-order valence-corrected chi connectivity index (χ2v) is 6.01. The molecule has 0 aromatic heterocycles. The number of nitrogens with zero attached hydrogens (tertiary/aromatic N) is 2. The van der Waals surface area contributed by atoms with Gasteiger partial charge in [0.2, 0.25) is 5.91 Å². The molecule has 102 valence electrons. The van der Waals surface area contributed by atoms with Crippen LogP contribution in [0, 0.1) is 0 Å². The van der Waals surface area contributed by atoms with E-state index in [0.717, 1.165) is 43.9 Å². The molecule has 1 heterocycles. The Kier molecular flexibility index (Phi) is 5.16. The lowest BCUT2D eigenvalue weighted by Gasteiger charge is -2.27. The highest BCUT2D eigenvalue weighted by Crippen LogP contribution is 2.18. The monoisotopic (exact) mass is 270 g/mol. The molecule has 2 fully saturated rings. The minimum atomic E-state index is 0.153. The highest BCUT2D eigenvalue weighted by molar-refractivity contribution is 7.99. The summed E-state index contributed by atoms with van der Waals surface area (Å²) in [6.45, 7) is 2.62. The van der Waals surface area contributed by atoms with Crippen molar-refractivity contribution < 1.29 is 4.79 Å². The fraction of sp³-hybridized carbons (Fsp3) is 0.833. The van der Waals surface area contributed by atoms with Crippen LogP contribution in [-0.2, 0) is 4.79 Å². The Morgan fingerprint density at radius 3 is 2.78 bits per heavy atom. The molecular weight excluding hydrogens is 248 g/mol. The molecular formula is C12H22N4OS. The largest absolute Gasteiger partial charge is 0.370 e. The molecule has 1 aliphatic heterocycles. The molecule has 1 saturated heterocycles. The number of aliphatic imine (C=N–C) groups is 1. The summed E-state index contributed by atoms with van der Waals surface area (Å²) in [5.74, 6) is 3.04. The molecule has 6 heteroatoms. The minimum absolute atomic E-state index is 0.153. The van der Waals surface area contributed by atoms with E-state index >= 15 is 0 Å². The molecule has 2 aliphatic rings. The number of carbonyl (C=O) groups is 1. The van der Waals surface area contributed by atoms with Crippen LogP contribution in [0.25, 0.3) is 0 Å². The standard InChI is InChI=1S/C12H22N4OS/c13-12(16-6-8-18-9-7-16)14-5-1-2-11(17)15-10-3-4-10/h10H,1-9H2,(H2,13,14)(H,15,17). The Balaban J connectivity index is 1.58. The summed E-state index contributed by atoms with van der Waals surface area (Å²) in [4.78, 5) is 17.9. The number of nitrogens with two attached hydrogens (primary N) is 1. The van der Waals surface area contributed by atoms with Gasteiger partial charge < -0.3 is 16.0 Å². The fourth-order valence-corrected chi connectivity index (χ4v) is 2.76. The van der Waals surface area contributed by atoms with Gasteiger partial charge in [0.05, 0.1) is 0 Å². The number of rotatable bonds is 5. The van der Waals surface area contributed by atoms with Gasteiger partial charge in [-0.2, -0.15) is 11.8 Å². The Morgan fingerprint density at radius 1 is 1.39 bits per heavy atom. The fourth-order valence-electron chi connectivity index (χ4n) is 1.85. The van der Waals surface area contributed by atoms with Crippen molar-refractivity contribution >= 4 is 23.6 Å². The lowest BCUT2D eigenvalue weighted by Crippen LogP contribution is -2.42. The quantitative estimate of drug-likeness (QED) is 0.431. The maximum absolute atomic E-state index is 11.4. The zero-order valence-electron chi connectivity index (χ0n) is 10.7. The van der Waals surface area contributed by atoms with E-state index in [-0.39, 0.29) is 5.91 Å². The number of carbonyl (C=O) groups excluding carboxylic acids is 1. The Bertz CT molecular complexity index is 311. The van der Waals surface area contributed by atoms with Gasteiger partial charge in [0.15, 0.2) is 5.96 Å². The van der Waals surface area contributed by atoms with Crippen LogP contribution in [0.3, 0.4) is 0 Å². The first-order valence-electron chi connectivity index (χ1n) is 6.67. The minimum Gasteiger partial charge on any atom is -0.370 e. The third kappa shape index (κ3) is 4.76. The normalized spacial score (nSPS) is 20.9. The first-order chi connectivity index (χ1) is 8.75. The zero-order chi connectivity index (χ0) is 12.8. The average molecular weight is 270 g/mol. The predicted octanol–water partition coefficient (Wildman–Crippen LogP) is 0.409. The first-order valence-corrected chi connectivity index (χ1v) is 7.83. The highest BCUT2D eigenvalue weighted by Gasteiger charge is 2.22. The smallest absolute Gasteiger partial charge is 0.220 e. The van der Waals surface area contributed by atoms with E-state index in [0.29, 0.717) is 25.0 Å². The zero-order valence-corrected chi connectivity index (χ0v) is 11.5. The topological polar surface area (TPSA) is 70.7 Å². The molecule has 18 heavy (non-hydrogen) atoms. The van der Waals surface area contributed by atoms with Crippen LogP contribution in [0.5, 0.6) is 0 Å². The highest BCUT2D eigenvalue weighted by atomic mass is 32.2. The van der Waals surface area contributed by atoms with Crippen LogP contribution >= 0.6 is 11.8 Å². The van der Waals surface area contributed by atoms with Crippen LogP contribution < -0.4 is 11.1 Å². The van der Waals surface area contributed by atoms with E-state index in [1.54, 1.807) is 0 Å². The van der Waals surface area contributed by atoms with Crippen LogP contribution in [0.4, 0.5) is 0 Å². The van der Waals surface area contributed by atoms with Gasteiger partial charge in [-0.05, 0) is 19.3 Å². The van der Waals surface area contributed by atoms with Crippen molar-refractivity contribution in [2.45, 2.75) is 31.7 Å². The van der Waals surface area contributed by atoms with Gasteiger partial charge in [0, 0.05) is 43.6 Å². The molecule has 0 aromatic carbocycles. The van der Waals surface area contributed by atoms with Gasteiger partial charge in [0.1, 0.15) is 0 Å². The molecule has 1 amide bonds. The summed E-state index contributed by atoms with van der Waals surface area (Å²) in [5.41, 5.74) is 5.92. The maximum atomic E-state index is 11.4. The molecule has 3 N–H and O–H groups in total. The van der Waals surface area contributed by atoms with Gasteiger partial charge in [-0.1, -0.05) is 0 Å². The van der Waals surface area contributed by atoms with Gasteiger partial charge >= 0.3 is 0 Å². The lowest BCUT2D eigenvalue weighted by molar-refractivity contribution is -0.121. The third-order valence-corrected chi connectivity index (χ3v) is 4.06. The molecule has 0 unspecified atom stereocenters. The van der Waals surface area contributed by atoms with Crippen molar-refractivity contribution in [2.24, 2.45) is 10.7 Å². The maximum Gasteiger partial charge on any atom is 0.220 e. The van der Waals surface area contributed by atoms with Crippen LogP contribution in [0.2, 0.25) is 0 Å². The van der Waals surface area contributed by atoms with Crippen LogP contribution in [-0.4, -0.2) is 53.9 Å². The second-order valence-electron chi connectivity index (χ2n) is 4.78. The average Bonchev–Trinajstić information content (AvgIpc) is 3.19. The van der Waals surface area contributed by atoms with E-state index in [1.165, 1.54) is 0 Å². The van der Waals surface area contributed by atoms with Crippen molar-refractivity contribution in [3.05, 3.63) is 0 Å². The Labute approximate surface area is 113 Å². The first kappa shape index (κ1) is 13.5. The molecule has 5 nitrogen and oxygen atoms in total. The van der Waals surface area contributed by atoms with Crippen molar-refractivity contribution in [3.8, 4) is 0 Å². The number of hydrogen-bond acceptors (Lipinski definition) is 3. The van der Waals surface area contributed by atoms with Gasteiger partial charge in [0.25, 0.3) is 0 Å². The predicted molar refractivity (Wildman–Crippen MR) is 75.8 cm³/mol. The van der Waals surface area contributed by atoms with Crippen molar-refractivity contribution in [2.75, 3.05) is 31.1 Å². The third-order valence-electron chi connectivity index (χ3n) is 3.11. The summed E-state index contributed by atoms with van der Waals surface area (Å²) in [6.07, 6.45) is 3.62. The number of thioether (sulfide) groups is 1. The van der Waals surface area contributed by atoms with Crippen molar-refractivity contribution in [1.29, 1.82) is 0 Å². The van der Waals surface area contributed by atoms with Crippen molar-refractivity contribution in [3.63, 3.8) is 0 Å². The number of guanidine groups is 1. The number of hydrogen-bond donors (Lipinski definition) is 2. The lowest BCUT2D eigenvalue weighted by atomic mass is 10.3. The summed E-state index contributed by atoms with van der Waals surface area (Å²) in [5, 5.41) is 2.97. The summed E-state index contributed by atoms with van der Waals surface area (Å²) < 4.78 is 0. The Morgan fingerprint density at radius 2 is 2.11 bits per heavy atom.